The maximum absolute atomic E-state index is 12.2. The van der Waals surface area contributed by atoms with Crippen LogP contribution in [0.2, 0.25) is 5.02 Å². The molecule has 0 bridgehead atoms. The lowest BCUT2D eigenvalue weighted by molar-refractivity contribution is 0.0927. The van der Waals surface area contributed by atoms with Crippen molar-refractivity contribution < 1.29 is 14.3 Å². The quantitative estimate of drug-likeness (QED) is 0.789. The van der Waals surface area contributed by atoms with Gasteiger partial charge in [0.2, 0.25) is 0 Å². The van der Waals surface area contributed by atoms with Crippen molar-refractivity contribution in [2.45, 2.75) is 13.0 Å². The van der Waals surface area contributed by atoms with Crippen molar-refractivity contribution in [3.8, 4) is 11.5 Å². The van der Waals surface area contributed by atoms with Crippen LogP contribution in [0.4, 0.5) is 0 Å². The highest BCUT2D eigenvalue weighted by Gasteiger charge is 2.14. The van der Waals surface area contributed by atoms with E-state index in [1.165, 1.54) is 0 Å². The van der Waals surface area contributed by atoms with Gasteiger partial charge in [0, 0.05) is 4.47 Å². The summed E-state index contributed by atoms with van der Waals surface area (Å²) in [5, 5.41) is 3.27. The first-order valence-corrected chi connectivity index (χ1v) is 8.19. The Morgan fingerprint density at radius 3 is 2.52 bits per heavy atom. The van der Waals surface area contributed by atoms with Crippen molar-refractivity contribution in [2.75, 3.05) is 13.7 Å². The number of rotatable bonds is 6. The van der Waals surface area contributed by atoms with E-state index in [1.807, 2.05) is 31.2 Å². The van der Waals surface area contributed by atoms with Crippen LogP contribution in [0.15, 0.2) is 46.9 Å². The number of methoxy groups -OCH3 is 1. The molecule has 2 rings (SSSR count). The zero-order valence-corrected chi connectivity index (χ0v) is 15.1. The van der Waals surface area contributed by atoms with Gasteiger partial charge in [-0.3, -0.25) is 4.79 Å². The fourth-order valence-electron chi connectivity index (χ4n) is 1.91. The topological polar surface area (TPSA) is 47.6 Å². The SMILES string of the molecule is COc1ccc(OC[C@H](C)NC(=O)c2cc(Br)ccc2Cl)cc1. The Balaban J connectivity index is 1.89. The van der Waals surface area contributed by atoms with Crippen molar-refractivity contribution >= 4 is 33.4 Å². The molecule has 6 heteroatoms. The third kappa shape index (κ3) is 5.15. The Hall–Kier alpha value is -1.72. The van der Waals surface area contributed by atoms with Crippen LogP contribution in [-0.2, 0) is 0 Å². The van der Waals surface area contributed by atoms with Crippen molar-refractivity contribution in [3.05, 3.63) is 57.5 Å². The lowest BCUT2D eigenvalue weighted by Gasteiger charge is -2.16. The van der Waals surface area contributed by atoms with E-state index in [9.17, 15) is 4.79 Å². The van der Waals surface area contributed by atoms with E-state index in [2.05, 4.69) is 21.2 Å². The van der Waals surface area contributed by atoms with Crippen molar-refractivity contribution in [1.82, 2.24) is 5.32 Å². The number of nitrogens with one attached hydrogen (secondary N) is 1. The van der Waals surface area contributed by atoms with Gasteiger partial charge >= 0.3 is 0 Å². The molecule has 0 radical (unpaired) electrons. The standard InChI is InChI=1S/C17H17BrClNO3/c1-11(10-23-14-6-4-13(22-2)5-7-14)20-17(21)15-9-12(18)3-8-16(15)19/h3-9,11H,10H2,1-2H3,(H,20,21)/t11-/m0/s1. The first kappa shape index (κ1) is 17.6. The molecule has 0 saturated carbocycles. The van der Waals surface area contributed by atoms with Crippen LogP contribution < -0.4 is 14.8 Å². The van der Waals surface area contributed by atoms with Crippen molar-refractivity contribution in [1.29, 1.82) is 0 Å². The molecule has 0 aliphatic carbocycles. The summed E-state index contributed by atoms with van der Waals surface area (Å²) in [6.45, 7) is 2.22. The predicted molar refractivity (Wildman–Crippen MR) is 94.6 cm³/mol. The fraction of sp³-hybridized carbons (Fsp3) is 0.235. The number of ether oxygens (including phenoxy) is 2. The molecule has 2 aromatic rings. The van der Waals surface area contributed by atoms with Crippen LogP contribution in [0.25, 0.3) is 0 Å². The first-order valence-electron chi connectivity index (χ1n) is 7.02. The minimum Gasteiger partial charge on any atom is -0.497 e. The molecule has 0 heterocycles. The second-order valence-electron chi connectivity index (χ2n) is 4.99. The third-order valence-corrected chi connectivity index (χ3v) is 3.93. The summed E-state index contributed by atoms with van der Waals surface area (Å²) < 4.78 is 11.5. The minimum atomic E-state index is -0.234. The molecule has 1 N–H and O–H groups in total. The summed E-state index contributed by atoms with van der Waals surface area (Å²) in [6.07, 6.45) is 0. The molecule has 0 unspecified atom stereocenters. The Morgan fingerprint density at radius 1 is 1.22 bits per heavy atom. The van der Waals surface area contributed by atoms with E-state index >= 15 is 0 Å². The Labute approximate surface area is 148 Å². The summed E-state index contributed by atoms with van der Waals surface area (Å²) in [6, 6.07) is 12.3. The van der Waals surface area contributed by atoms with Crippen LogP contribution >= 0.6 is 27.5 Å². The summed E-state index contributed by atoms with van der Waals surface area (Å²) in [5.74, 6) is 1.25. The molecule has 122 valence electrons. The summed E-state index contributed by atoms with van der Waals surface area (Å²) >= 11 is 9.38. The Bertz CT molecular complexity index is 676. The monoisotopic (exact) mass is 397 g/mol. The number of halogens is 2. The maximum Gasteiger partial charge on any atom is 0.253 e. The second kappa shape index (κ2) is 8.22. The highest BCUT2D eigenvalue weighted by atomic mass is 79.9. The largest absolute Gasteiger partial charge is 0.497 e. The summed E-state index contributed by atoms with van der Waals surface area (Å²) in [4.78, 5) is 12.2. The van der Waals surface area contributed by atoms with Crippen LogP contribution in [0, 0.1) is 0 Å². The predicted octanol–water partition coefficient (Wildman–Crippen LogP) is 4.31. The van der Waals surface area contributed by atoms with E-state index < -0.39 is 0 Å². The van der Waals surface area contributed by atoms with Crippen molar-refractivity contribution in [2.24, 2.45) is 0 Å². The van der Waals surface area contributed by atoms with Gasteiger partial charge in [-0.05, 0) is 49.4 Å². The van der Waals surface area contributed by atoms with E-state index in [1.54, 1.807) is 25.3 Å². The summed E-state index contributed by atoms with van der Waals surface area (Å²) in [5.41, 5.74) is 0.428. The number of hydrogen-bond donors (Lipinski definition) is 1. The molecule has 0 aliphatic heterocycles. The highest BCUT2D eigenvalue weighted by molar-refractivity contribution is 9.10. The molecule has 1 atom stereocenters. The van der Waals surface area contributed by atoms with E-state index in [0.717, 1.165) is 10.2 Å². The number of carbonyl (C=O) groups is 1. The lowest BCUT2D eigenvalue weighted by atomic mass is 10.2. The molecule has 1 amide bonds. The smallest absolute Gasteiger partial charge is 0.253 e. The fourth-order valence-corrected chi connectivity index (χ4v) is 2.47. The van der Waals surface area contributed by atoms with Crippen molar-refractivity contribution in [3.63, 3.8) is 0 Å². The van der Waals surface area contributed by atoms with E-state index in [0.29, 0.717) is 22.9 Å². The van der Waals surface area contributed by atoms with Gasteiger partial charge in [0.15, 0.2) is 0 Å². The zero-order chi connectivity index (χ0) is 16.8. The number of amides is 1. The van der Waals surface area contributed by atoms with Gasteiger partial charge in [0.25, 0.3) is 5.91 Å². The van der Waals surface area contributed by atoms with E-state index in [-0.39, 0.29) is 11.9 Å². The number of carbonyl (C=O) groups excluding carboxylic acids is 1. The molecular formula is C17H17BrClNO3. The van der Waals surface area contributed by atoms with Crippen LogP contribution in [0.1, 0.15) is 17.3 Å². The summed E-state index contributed by atoms with van der Waals surface area (Å²) in [7, 11) is 1.61. The minimum absolute atomic E-state index is 0.167. The third-order valence-electron chi connectivity index (χ3n) is 3.11. The highest BCUT2D eigenvalue weighted by Crippen LogP contribution is 2.21. The van der Waals surface area contributed by atoms with Gasteiger partial charge in [-0.15, -0.1) is 0 Å². The van der Waals surface area contributed by atoms with Gasteiger partial charge in [-0.25, -0.2) is 0 Å². The molecule has 23 heavy (non-hydrogen) atoms. The van der Waals surface area contributed by atoms with Gasteiger partial charge in [0.05, 0.1) is 23.7 Å². The normalized spacial score (nSPS) is 11.7. The van der Waals surface area contributed by atoms with Crippen LogP contribution in [0.5, 0.6) is 11.5 Å². The number of benzene rings is 2. The molecular weight excluding hydrogens is 382 g/mol. The van der Waals surface area contributed by atoms with E-state index in [4.69, 9.17) is 21.1 Å². The number of hydrogen-bond acceptors (Lipinski definition) is 3. The molecule has 0 fully saturated rings. The molecule has 4 nitrogen and oxygen atoms in total. The Kier molecular flexibility index (Phi) is 6.30. The lowest BCUT2D eigenvalue weighted by Crippen LogP contribution is -2.36. The van der Waals surface area contributed by atoms with Gasteiger partial charge in [0.1, 0.15) is 18.1 Å². The maximum atomic E-state index is 12.2. The van der Waals surface area contributed by atoms with Gasteiger partial charge < -0.3 is 14.8 Å². The molecule has 0 spiro atoms. The molecule has 0 aliphatic rings. The van der Waals surface area contributed by atoms with Crippen LogP contribution in [-0.4, -0.2) is 25.7 Å². The first-order chi connectivity index (χ1) is 11.0. The van der Waals surface area contributed by atoms with Crippen LogP contribution in [0.3, 0.4) is 0 Å². The van der Waals surface area contributed by atoms with Gasteiger partial charge in [-0.2, -0.15) is 0 Å². The Morgan fingerprint density at radius 2 is 1.87 bits per heavy atom. The molecule has 0 saturated heterocycles. The second-order valence-corrected chi connectivity index (χ2v) is 6.31. The average molecular weight is 399 g/mol. The average Bonchev–Trinajstić information content (AvgIpc) is 2.55. The van der Waals surface area contributed by atoms with Gasteiger partial charge in [-0.1, -0.05) is 27.5 Å². The zero-order valence-electron chi connectivity index (χ0n) is 12.8. The molecule has 0 aromatic heterocycles. The molecule has 2 aromatic carbocycles.